The van der Waals surface area contributed by atoms with Gasteiger partial charge in [-0.25, -0.2) is 0 Å². The van der Waals surface area contributed by atoms with Gasteiger partial charge in [0.05, 0.1) is 0 Å². The van der Waals surface area contributed by atoms with E-state index in [2.05, 4.69) is 27.7 Å². The Hall–Kier alpha value is 0.843. The maximum Gasteiger partial charge on any atom is -0.412 e. The average molecular weight is 455 g/mol. The Balaban J connectivity index is 0. The van der Waals surface area contributed by atoms with Crippen molar-refractivity contribution in [1.82, 2.24) is 0 Å². The summed E-state index contributed by atoms with van der Waals surface area (Å²) in [6.07, 6.45) is 11.8. The predicted molar refractivity (Wildman–Crippen MR) is 88.2 cm³/mol. The van der Waals surface area contributed by atoms with Gasteiger partial charge in [0, 0.05) is 0 Å². The first-order valence-electron chi connectivity index (χ1n) is 8.09. The Morgan fingerprint density at radius 1 is 0.500 bits per heavy atom. The first-order valence-corrected chi connectivity index (χ1v) is 17.9. The van der Waals surface area contributed by atoms with E-state index in [0.717, 1.165) is 0 Å². The molecule has 0 heterocycles. The molecule has 0 spiro atoms. The zero-order valence-electron chi connectivity index (χ0n) is 13.4. The molecule has 0 saturated carbocycles. The monoisotopic (exact) mass is 455 g/mol. The van der Waals surface area contributed by atoms with Crippen LogP contribution in [0.3, 0.4) is 0 Å². The van der Waals surface area contributed by atoms with Crippen molar-refractivity contribution in [3.05, 3.63) is 0 Å². The fourth-order valence-electron chi connectivity index (χ4n) is 2.64. The third-order valence-electron chi connectivity index (χ3n) is 3.94. The molecule has 0 atom stereocenters. The Morgan fingerprint density at radius 3 is 0.889 bits per heavy atom. The first-order chi connectivity index (χ1) is 8.24. The van der Waals surface area contributed by atoms with Gasteiger partial charge in [0.25, 0.3) is 0 Å². The summed E-state index contributed by atoms with van der Waals surface area (Å²) in [6.45, 7) is 9.49. The van der Waals surface area contributed by atoms with E-state index in [4.69, 9.17) is 0 Å². The Labute approximate surface area is 121 Å². The van der Waals surface area contributed by atoms with Crippen LogP contribution in [0.4, 0.5) is 0 Å². The minimum Gasteiger partial charge on any atom is -0.412 e. The molecule has 0 aliphatic heterocycles. The molecule has 0 bridgehead atoms. The van der Waals surface area contributed by atoms with E-state index in [-0.39, 0.29) is 5.48 Å². The largest absolute Gasteiger partial charge is 0.412 e. The van der Waals surface area contributed by atoms with Gasteiger partial charge < -0.3 is 5.48 Å². The summed E-state index contributed by atoms with van der Waals surface area (Å²) in [4.78, 5) is 0. The molecular formula is C16H38BiO. The average Bonchev–Trinajstić information content (AvgIpc) is 2.37. The van der Waals surface area contributed by atoms with Crippen LogP contribution in [0.5, 0.6) is 0 Å². The van der Waals surface area contributed by atoms with E-state index in [1.54, 1.807) is 16.5 Å². The van der Waals surface area contributed by atoms with Crippen molar-refractivity contribution in [2.24, 2.45) is 0 Å². The molecule has 0 aromatic rings. The van der Waals surface area contributed by atoms with Gasteiger partial charge in [-0.2, -0.15) is 0 Å². The quantitative estimate of drug-likeness (QED) is 0.333. The van der Waals surface area contributed by atoms with Gasteiger partial charge in [-0.15, -0.1) is 0 Å². The SMILES string of the molecule is CCC[CH2][Bi]([CH2]CCC)([CH2]CCC)[CH2]CCC.O. The molecule has 0 unspecified atom stereocenters. The maximum absolute atomic E-state index is 2.37. The van der Waals surface area contributed by atoms with Crippen LogP contribution in [0.25, 0.3) is 0 Å². The van der Waals surface area contributed by atoms with Crippen LogP contribution in [0.2, 0.25) is 16.5 Å². The molecular weight excluding hydrogens is 417 g/mol. The van der Waals surface area contributed by atoms with E-state index in [9.17, 15) is 0 Å². The van der Waals surface area contributed by atoms with Crippen LogP contribution in [0, 0.1) is 0 Å². The van der Waals surface area contributed by atoms with Crippen molar-refractivity contribution in [3.8, 4) is 0 Å². The second-order valence-corrected chi connectivity index (χ2v) is 23.0. The summed E-state index contributed by atoms with van der Waals surface area (Å²) in [5.74, 6) is 0. The van der Waals surface area contributed by atoms with Crippen LogP contribution in [0.1, 0.15) is 79.1 Å². The van der Waals surface area contributed by atoms with Crippen LogP contribution < -0.4 is 0 Å². The van der Waals surface area contributed by atoms with Gasteiger partial charge >= 0.3 is 116 Å². The van der Waals surface area contributed by atoms with E-state index in [0.29, 0.717) is 0 Å². The van der Waals surface area contributed by atoms with Crippen molar-refractivity contribution in [3.63, 3.8) is 0 Å². The zero-order valence-corrected chi connectivity index (χ0v) is 16.9. The minimum atomic E-state index is -1.75. The molecule has 0 fully saturated rings. The molecule has 0 rings (SSSR count). The molecule has 1 nitrogen and oxygen atoms in total. The van der Waals surface area contributed by atoms with Gasteiger partial charge in [-0.3, -0.25) is 0 Å². The Bertz CT molecular complexity index is 122. The summed E-state index contributed by atoms with van der Waals surface area (Å²) >= 11 is -1.75. The minimum absolute atomic E-state index is 0. The van der Waals surface area contributed by atoms with Crippen molar-refractivity contribution in [2.45, 2.75) is 95.6 Å². The van der Waals surface area contributed by atoms with Crippen LogP contribution in [0.15, 0.2) is 0 Å². The molecule has 2 N–H and O–H groups in total. The normalized spacial score (nSPS) is 11.3. The van der Waals surface area contributed by atoms with Gasteiger partial charge in [0.2, 0.25) is 0 Å². The molecule has 0 aromatic heterocycles. The van der Waals surface area contributed by atoms with Crippen molar-refractivity contribution < 1.29 is 5.48 Å². The number of rotatable bonds is 12. The van der Waals surface area contributed by atoms with Crippen molar-refractivity contribution in [1.29, 1.82) is 0 Å². The molecule has 0 aliphatic rings. The van der Waals surface area contributed by atoms with Gasteiger partial charge in [0.1, 0.15) is 0 Å². The molecule has 18 heavy (non-hydrogen) atoms. The molecule has 0 amide bonds. The summed E-state index contributed by atoms with van der Waals surface area (Å²) in [5, 5.41) is 0. The van der Waals surface area contributed by atoms with Crippen LogP contribution in [-0.4, -0.2) is 25.7 Å². The molecule has 0 aliphatic carbocycles. The summed E-state index contributed by atoms with van der Waals surface area (Å²) in [5.41, 5.74) is 0. The number of hydrogen-bond acceptors (Lipinski definition) is 0. The Kier molecular flexibility index (Phi) is 16.7. The second kappa shape index (κ2) is 14.3. The van der Waals surface area contributed by atoms with E-state index in [1.165, 1.54) is 51.4 Å². The fraction of sp³-hybridized carbons (Fsp3) is 1.00. The second-order valence-electron chi connectivity index (χ2n) is 5.65. The first kappa shape index (κ1) is 21.1. The summed E-state index contributed by atoms with van der Waals surface area (Å²) < 4.78 is 6.82. The van der Waals surface area contributed by atoms with Crippen LogP contribution in [-0.2, 0) is 0 Å². The third kappa shape index (κ3) is 9.73. The topological polar surface area (TPSA) is 31.5 Å². The van der Waals surface area contributed by atoms with Gasteiger partial charge in [-0.05, 0) is 0 Å². The fourth-order valence-corrected chi connectivity index (χ4v) is 23.2. The van der Waals surface area contributed by atoms with E-state index in [1.807, 2.05) is 0 Å². The van der Waals surface area contributed by atoms with Crippen LogP contribution >= 0.6 is 0 Å². The molecule has 0 saturated heterocycles. The number of unbranched alkanes of at least 4 members (excludes halogenated alkanes) is 4. The van der Waals surface area contributed by atoms with Crippen molar-refractivity contribution in [2.75, 3.05) is 0 Å². The van der Waals surface area contributed by atoms with E-state index >= 15 is 0 Å². The summed E-state index contributed by atoms with van der Waals surface area (Å²) in [6, 6.07) is 0. The third-order valence-corrected chi connectivity index (χ3v) is 23.6. The molecule has 0 aromatic carbocycles. The van der Waals surface area contributed by atoms with Crippen molar-refractivity contribution >= 4 is 20.3 Å². The van der Waals surface area contributed by atoms with E-state index < -0.39 is 20.3 Å². The summed E-state index contributed by atoms with van der Waals surface area (Å²) in [7, 11) is 0. The molecule has 113 valence electrons. The maximum atomic E-state index is 2.37. The number of hydrogen-bond donors (Lipinski definition) is 0. The van der Waals surface area contributed by atoms with Gasteiger partial charge in [0.15, 0.2) is 0 Å². The zero-order chi connectivity index (χ0) is 13.0. The molecule has 1 radical (unpaired) electrons. The van der Waals surface area contributed by atoms with Gasteiger partial charge in [-0.1, -0.05) is 0 Å². The predicted octanol–water partition coefficient (Wildman–Crippen LogP) is 5.81. The Morgan fingerprint density at radius 2 is 0.722 bits per heavy atom. The molecule has 2 heteroatoms. The smallest absolute Gasteiger partial charge is 0.412 e. The standard InChI is InChI=1S/4C4H9.Bi.H2O/c4*1-3-4-2;;/h4*1,3-4H2,2H3;;1H2.